The topological polar surface area (TPSA) is 55.6 Å². The molecule has 5 nitrogen and oxygen atoms in total. The van der Waals surface area contributed by atoms with Crippen LogP contribution in [0.15, 0.2) is 0 Å². The van der Waals surface area contributed by atoms with Crippen LogP contribution in [0.3, 0.4) is 0 Å². The summed E-state index contributed by atoms with van der Waals surface area (Å²) in [6.07, 6.45) is -2.55. The summed E-state index contributed by atoms with van der Waals surface area (Å²) in [5.74, 6) is -0.569. The smallest absolute Gasteiger partial charge is 0.307 e. The Balaban J connectivity index is 1.74. The van der Waals surface area contributed by atoms with Gasteiger partial charge in [-0.15, -0.1) is 10.2 Å². The molecule has 1 aromatic heterocycles. The maximum atomic E-state index is 12.5. The van der Waals surface area contributed by atoms with Crippen LogP contribution in [0.2, 0.25) is 0 Å². The highest BCUT2D eigenvalue weighted by atomic mass is 19.4. The zero-order valence-electron chi connectivity index (χ0n) is 10.1. The lowest BCUT2D eigenvalue weighted by Gasteiger charge is -2.30. The molecule has 1 heterocycles. The molecule has 1 fully saturated rings. The van der Waals surface area contributed by atoms with E-state index in [9.17, 15) is 13.2 Å². The average molecular weight is 263 g/mol. The maximum Gasteiger partial charge on any atom is 0.391 e. The van der Waals surface area contributed by atoms with E-state index in [2.05, 4.69) is 20.7 Å². The van der Waals surface area contributed by atoms with E-state index in [1.165, 1.54) is 4.80 Å². The van der Waals surface area contributed by atoms with Gasteiger partial charge in [0.05, 0.1) is 19.5 Å². The zero-order valence-corrected chi connectivity index (χ0v) is 10.1. The van der Waals surface area contributed by atoms with Crippen molar-refractivity contribution in [1.29, 1.82) is 0 Å². The molecule has 1 aromatic rings. The first kappa shape index (κ1) is 13.3. The van der Waals surface area contributed by atoms with E-state index >= 15 is 0 Å². The summed E-state index contributed by atoms with van der Waals surface area (Å²) in [5.41, 5.74) is 0. The van der Waals surface area contributed by atoms with Gasteiger partial charge in [-0.1, -0.05) is 0 Å². The second kappa shape index (κ2) is 5.21. The number of nitrogens with one attached hydrogen (secondary N) is 1. The minimum absolute atomic E-state index is 0.118. The molecule has 0 radical (unpaired) electrons. The standard InChI is InChI=1S/C10H16F3N5/c1-18-16-9(15-17-18)6-14-8-4-2-7(3-5-8)10(11,12)13/h7-8,14H,2-6H2,1H3. The average Bonchev–Trinajstić information content (AvgIpc) is 2.72. The van der Waals surface area contributed by atoms with Crippen molar-refractivity contribution in [2.24, 2.45) is 13.0 Å². The zero-order chi connectivity index (χ0) is 13.2. The van der Waals surface area contributed by atoms with Gasteiger partial charge in [-0.3, -0.25) is 0 Å². The Bertz CT molecular complexity index is 381. The van der Waals surface area contributed by atoms with E-state index in [4.69, 9.17) is 0 Å². The number of tetrazole rings is 1. The Morgan fingerprint density at radius 1 is 1.28 bits per heavy atom. The Morgan fingerprint density at radius 3 is 2.44 bits per heavy atom. The van der Waals surface area contributed by atoms with Crippen molar-refractivity contribution >= 4 is 0 Å². The monoisotopic (exact) mass is 263 g/mol. The van der Waals surface area contributed by atoms with E-state index in [1.54, 1.807) is 7.05 Å². The van der Waals surface area contributed by atoms with Gasteiger partial charge in [0.25, 0.3) is 0 Å². The summed E-state index contributed by atoms with van der Waals surface area (Å²) in [6.45, 7) is 0.454. The third-order valence-corrected chi connectivity index (χ3v) is 3.29. The number of hydrogen-bond donors (Lipinski definition) is 1. The maximum absolute atomic E-state index is 12.5. The summed E-state index contributed by atoms with van der Waals surface area (Å²) in [5, 5.41) is 14.7. The second-order valence-electron chi connectivity index (χ2n) is 4.67. The minimum Gasteiger partial charge on any atom is -0.307 e. The minimum atomic E-state index is -4.04. The number of aromatic nitrogens is 4. The van der Waals surface area contributed by atoms with Gasteiger partial charge < -0.3 is 5.32 Å². The van der Waals surface area contributed by atoms with Crippen LogP contribution in [-0.2, 0) is 13.6 Å². The fourth-order valence-corrected chi connectivity index (χ4v) is 2.25. The predicted octanol–water partition coefficient (Wildman–Crippen LogP) is 1.42. The molecule has 102 valence electrons. The quantitative estimate of drug-likeness (QED) is 0.896. The number of rotatable bonds is 3. The number of alkyl halides is 3. The highest BCUT2D eigenvalue weighted by Gasteiger charge is 2.41. The fraction of sp³-hybridized carbons (Fsp3) is 0.900. The molecule has 1 aliphatic rings. The summed E-state index contributed by atoms with van der Waals surface area (Å²) < 4.78 is 37.4. The van der Waals surface area contributed by atoms with E-state index in [0.29, 0.717) is 25.2 Å². The number of hydrogen-bond acceptors (Lipinski definition) is 4. The molecule has 0 unspecified atom stereocenters. The molecule has 8 heteroatoms. The molecule has 0 saturated heterocycles. The first-order valence-electron chi connectivity index (χ1n) is 5.98. The molecule has 0 atom stereocenters. The van der Waals surface area contributed by atoms with Crippen LogP contribution < -0.4 is 5.32 Å². The van der Waals surface area contributed by atoms with Gasteiger partial charge in [0.1, 0.15) is 0 Å². The lowest BCUT2D eigenvalue weighted by molar-refractivity contribution is -0.182. The van der Waals surface area contributed by atoms with Crippen molar-refractivity contribution in [3.63, 3.8) is 0 Å². The van der Waals surface area contributed by atoms with Crippen molar-refractivity contribution in [2.75, 3.05) is 0 Å². The van der Waals surface area contributed by atoms with Crippen molar-refractivity contribution in [2.45, 2.75) is 44.4 Å². The van der Waals surface area contributed by atoms with Gasteiger partial charge in [-0.05, 0) is 30.9 Å². The van der Waals surface area contributed by atoms with Crippen molar-refractivity contribution in [1.82, 2.24) is 25.5 Å². The molecular weight excluding hydrogens is 247 g/mol. The molecule has 2 rings (SSSR count). The van der Waals surface area contributed by atoms with Crippen LogP contribution in [0.4, 0.5) is 13.2 Å². The molecular formula is C10H16F3N5. The molecule has 18 heavy (non-hydrogen) atoms. The summed E-state index contributed by atoms with van der Waals surface area (Å²) >= 11 is 0. The van der Waals surface area contributed by atoms with Crippen LogP contribution >= 0.6 is 0 Å². The summed E-state index contributed by atoms with van der Waals surface area (Å²) in [6, 6.07) is 0.118. The molecule has 0 aliphatic heterocycles. The first-order valence-corrected chi connectivity index (χ1v) is 5.98. The number of halogens is 3. The fourth-order valence-electron chi connectivity index (χ4n) is 2.25. The largest absolute Gasteiger partial charge is 0.391 e. The van der Waals surface area contributed by atoms with Gasteiger partial charge in [-0.25, -0.2) is 0 Å². The lowest BCUT2D eigenvalue weighted by atomic mass is 9.85. The Kier molecular flexibility index (Phi) is 3.84. The van der Waals surface area contributed by atoms with Gasteiger partial charge in [0.15, 0.2) is 5.82 Å². The first-order chi connectivity index (χ1) is 8.45. The van der Waals surface area contributed by atoms with Crippen molar-refractivity contribution in [3.8, 4) is 0 Å². The van der Waals surface area contributed by atoms with E-state index in [0.717, 1.165) is 0 Å². The lowest BCUT2D eigenvalue weighted by Crippen LogP contribution is -2.36. The van der Waals surface area contributed by atoms with Crippen LogP contribution in [0.5, 0.6) is 0 Å². The van der Waals surface area contributed by atoms with E-state index in [1.807, 2.05) is 0 Å². The van der Waals surface area contributed by atoms with Gasteiger partial charge in [-0.2, -0.15) is 18.0 Å². The molecule has 1 aliphatic carbocycles. The third-order valence-electron chi connectivity index (χ3n) is 3.29. The summed E-state index contributed by atoms with van der Waals surface area (Å²) in [7, 11) is 1.67. The van der Waals surface area contributed by atoms with Crippen molar-refractivity contribution < 1.29 is 13.2 Å². The van der Waals surface area contributed by atoms with Gasteiger partial charge >= 0.3 is 6.18 Å². The molecule has 0 amide bonds. The van der Waals surface area contributed by atoms with Crippen LogP contribution in [0.25, 0.3) is 0 Å². The Morgan fingerprint density at radius 2 is 1.94 bits per heavy atom. The molecule has 0 aromatic carbocycles. The van der Waals surface area contributed by atoms with Crippen LogP contribution in [0, 0.1) is 5.92 Å². The number of nitrogens with zero attached hydrogens (tertiary/aromatic N) is 4. The normalized spacial score (nSPS) is 25.3. The third kappa shape index (κ3) is 3.41. The van der Waals surface area contributed by atoms with Gasteiger partial charge in [0.2, 0.25) is 0 Å². The highest BCUT2D eigenvalue weighted by Crippen LogP contribution is 2.37. The SMILES string of the molecule is Cn1nnc(CNC2CCC(C(F)(F)F)CC2)n1. The summed E-state index contributed by atoms with van der Waals surface area (Å²) in [4.78, 5) is 1.36. The van der Waals surface area contributed by atoms with E-state index in [-0.39, 0.29) is 18.9 Å². The van der Waals surface area contributed by atoms with Crippen LogP contribution in [-0.4, -0.2) is 32.4 Å². The molecule has 0 bridgehead atoms. The van der Waals surface area contributed by atoms with Gasteiger partial charge in [0, 0.05) is 6.04 Å². The van der Waals surface area contributed by atoms with E-state index < -0.39 is 12.1 Å². The Labute approximate surface area is 103 Å². The highest BCUT2D eigenvalue weighted by molar-refractivity contribution is 4.83. The second-order valence-corrected chi connectivity index (χ2v) is 4.67. The molecule has 1 saturated carbocycles. The van der Waals surface area contributed by atoms with Crippen molar-refractivity contribution in [3.05, 3.63) is 5.82 Å². The predicted molar refractivity (Wildman–Crippen MR) is 57.4 cm³/mol. The molecule has 0 spiro atoms. The number of aryl methyl sites for hydroxylation is 1. The van der Waals surface area contributed by atoms with Crippen LogP contribution in [0.1, 0.15) is 31.5 Å². The Hall–Kier alpha value is -1.18. The molecule has 1 N–H and O–H groups in total.